The lowest BCUT2D eigenvalue weighted by molar-refractivity contribution is 0.224. The van der Waals surface area contributed by atoms with Gasteiger partial charge in [0, 0.05) is 5.69 Å². The third kappa shape index (κ3) is 4.64. The minimum Gasteiger partial charge on any atom is -0.264 e. The highest BCUT2D eigenvalue weighted by molar-refractivity contribution is 5.15. The van der Waals surface area contributed by atoms with E-state index in [1.807, 2.05) is 6.20 Å². The molecule has 20 heavy (non-hydrogen) atoms. The van der Waals surface area contributed by atoms with Gasteiger partial charge >= 0.3 is 0 Å². The van der Waals surface area contributed by atoms with Gasteiger partial charge in [-0.2, -0.15) is 5.10 Å². The zero-order valence-electron chi connectivity index (χ0n) is 14.3. The topological polar surface area (TPSA) is 17.8 Å². The van der Waals surface area contributed by atoms with Crippen LogP contribution in [0, 0.1) is 13.8 Å². The monoisotopic (exact) mass is 278 g/mol. The van der Waals surface area contributed by atoms with E-state index in [4.69, 9.17) is 0 Å². The number of aryl methyl sites for hydroxylation is 1. The molecule has 116 valence electrons. The first-order chi connectivity index (χ1) is 9.55. The van der Waals surface area contributed by atoms with Crippen molar-refractivity contribution in [2.45, 2.75) is 97.9 Å². The van der Waals surface area contributed by atoms with Crippen LogP contribution in [0.4, 0.5) is 0 Å². The van der Waals surface area contributed by atoms with Gasteiger partial charge < -0.3 is 0 Å². The Morgan fingerprint density at radius 1 is 0.950 bits per heavy atom. The van der Waals surface area contributed by atoms with Gasteiger partial charge in [-0.25, -0.2) is 0 Å². The van der Waals surface area contributed by atoms with Crippen LogP contribution >= 0.6 is 0 Å². The van der Waals surface area contributed by atoms with Gasteiger partial charge in [-0.3, -0.25) is 4.68 Å². The number of rotatable bonds is 10. The molecular weight excluding hydrogens is 244 g/mol. The first-order valence-electron chi connectivity index (χ1n) is 8.57. The molecule has 1 rings (SSSR count). The third-order valence-corrected chi connectivity index (χ3v) is 4.65. The predicted octanol–water partition coefficient (Wildman–Crippen LogP) is 5.77. The molecule has 0 spiro atoms. The van der Waals surface area contributed by atoms with Crippen LogP contribution in [0.5, 0.6) is 0 Å². The predicted molar refractivity (Wildman–Crippen MR) is 88.3 cm³/mol. The molecule has 2 nitrogen and oxygen atoms in total. The highest BCUT2D eigenvalue weighted by atomic mass is 15.3. The van der Waals surface area contributed by atoms with Gasteiger partial charge in [0.1, 0.15) is 0 Å². The normalized spacial score (nSPS) is 14.4. The number of unbranched alkanes of at least 4 members (excludes halogenated alkanes) is 5. The van der Waals surface area contributed by atoms with E-state index in [2.05, 4.69) is 44.4 Å². The van der Waals surface area contributed by atoms with Crippen LogP contribution in [0.1, 0.15) is 89.8 Å². The first-order valence-corrected chi connectivity index (χ1v) is 8.57. The average Bonchev–Trinajstić information content (AvgIpc) is 2.77. The maximum atomic E-state index is 4.67. The van der Waals surface area contributed by atoms with Crippen molar-refractivity contribution in [3.8, 4) is 0 Å². The van der Waals surface area contributed by atoms with E-state index >= 15 is 0 Å². The lowest BCUT2D eigenvalue weighted by Crippen LogP contribution is -2.32. The van der Waals surface area contributed by atoms with Crippen molar-refractivity contribution in [2.75, 3.05) is 0 Å². The Labute approximate surface area is 126 Å². The van der Waals surface area contributed by atoms with E-state index in [9.17, 15) is 0 Å². The molecule has 1 aromatic heterocycles. The summed E-state index contributed by atoms with van der Waals surface area (Å²) in [7, 11) is 0. The molecule has 0 N–H and O–H groups in total. The highest BCUT2D eigenvalue weighted by Crippen LogP contribution is 2.31. The summed E-state index contributed by atoms with van der Waals surface area (Å²) < 4.78 is 2.30. The number of hydrogen-bond acceptors (Lipinski definition) is 1. The van der Waals surface area contributed by atoms with E-state index in [1.165, 1.54) is 69.0 Å². The summed E-state index contributed by atoms with van der Waals surface area (Å²) >= 11 is 0. The van der Waals surface area contributed by atoms with E-state index in [0.717, 1.165) is 0 Å². The molecule has 2 heteroatoms. The minimum atomic E-state index is 0.209. The SMILES string of the molecule is CCCCCCCC(C)(CCCC)n1ncc(C)c1C. The second kappa shape index (κ2) is 8.49. The molecule has 0 saturated carbocycles. The van der Waals surface area contributed by atoms with Gasteiger partial charge in [-0.05, 0) is 39.2 Å². The van der Waals surface area contributed by atoms with Crippen LogP contribution in [0.15, 0.2) is 6.20 Å². The summed E-state index contributed by atoms with van der Waals surface area (Å²) in [6.07, 6.45) is 13.9. The first kappa shape index (κ1) is 17.3. The minimum absolute atomic E-state index is 0.209. The van der Waals surface area contributed by atoms with Crippen LogP contribution in [-0.2, 0) is 5.54 Å². The van der Waals surface area contributed by atoms with Gasteiger partial charge in [0.05, 0.1) is 11.7 Å². The van der Waals surface area contributed by atoms with Crippen LogP contribution in [0.3, 0.4) is 0 Å². The Bertz CT molecular complexity index is 381. The zero-order valence-corrected chi connectivity index (χ0v) is 14.3. The number of nitrogens with zero attached hydrogens (tertiary/aromatic N) is 2. The fourth-order valence-corrected chi connectivity index (χ4v) is 3.04. The molecule has 0 fully saturated rings. The summed E-state index contributed by atoms with van der Waals surface area (Å²) in [5.41, 5.74) is 2.87. The van der Waals surface area contributed by atoms with Gasteiger partial charge in [-0.15, -0.1) is 0 Å². The largest absolute Gasteiger partial charge is 0.264 e. The Hall–Kier alpha value is -0.790. The van der Waals surface area contributed by atoms with Crippen molar-refractivity contribution in [1.82, 2.24) is 9.78 Å². The molecule has 1 heterocycles. The fourth-order valence-electron chi connectivity index (χ4n) is 3.04. The highest BCUT2D eigenvalue weighted by Gasteiger charge is 2.27. The van der Waals surface area contributed by atoms with Crippen molar-refractivity contribution in [2.24, 2.45) is 0 Å². The van der Waals surface area contributed by atoms with Crippen molar-refractivity contribution in [3.63, 3.8) is 0 Å². The van der Waals surface area contributed by atoms with Gasteiger partial charge in [0.15, 0.2) is 0 Å². The average molecular weight is 278 g/mol. The molecule has 0 saturated heterocycles. The van der Waals surface area contributed by atoms with Crippen molar-refractivity contribution in [3.05, 3.63) is 17.5 Å². The maximum absolute atomic E-state index is 4.67. The Morgan fingerprint density at radius 3 is 2.10 bits per heavy atom. The lowest BCUT2D eigenvalue weighted by Gasteiger charge is -2.32. The Kier molecular flexibility index (Phi) is 7.32. The second-order valence-electron chi connectivity index (χ2n) is 6.59. The smallest absolute Gasteiger partial charge is 0.0602 e. The quantitative estimate of drug-likeness (QED) is 0.497. The van der Waals surface area contributed by atoms with Gasteiger partial charge in [-0.1, -0.05) is 58.8 Å². The maximum Gasteiger partial charge on any atom is 0.0602 e. The summed E-state index contributed by atoms with van der Waals surface area (Å²) in [4.78, 5) is 0. The summed E-state index contributed by atoms with van der Waals surface area (Å²) in [5.74, 6) is 0. The van der Waals surface area contributed by atoms with E-state index in [-0.39, 0.29) is 5.54 Å². The zero-order chi connectivity index (χ0) is 15.0. The molecule has 0 amide bonds. The number of hydrogen-bond donors (Lipinski definition) is 0. The van der Waals surface area contributed by atoms with Gasteiger partial charge in [0.25, 0.3) is 0 Å². The van der Waals surface area contributed by atoms with Crippen LogP contribution in [-0.4, -0.2) is 9.78 Å². The molecule has 0 aliphatic carbocycles. The van der Waals surface area contributed by atoms with Crippen molar-refractivity contribution >= 4 is 0 Å². The lowest BCUT2D eigenvalue weighted by atomic mass is 9.88. The van der Waals surface area contributed by atoms with E-state index < -0.39 is 0 Å². The third-order valence-electron chi connectivity index (χ3n) is 4.65. The molecule has 0 radical (unpaired) electrons. The van der Waals surface area contributed by atoms with Crippen molar-refractivity contribution in [1.29, 1.82) is 0 Å². The van der Waals surface area contributed by atoms with Crippen LogP contribution in [0.25, 0.3) is 0 Å². The Balaban J connectivity index is 2.68. The second-order valence-corrected chi connectivity index (χ2v) is 6.59. The molecule has 0 aliphatic heterocycles. The molecule has 0 aliphatic rings. The van der Waals surface area contributed by atoms with Crippen LogP contribution < -0.4 is 0 Å². The standard InChI is InChI=1S/C18H34N2/c1-6-8-10-11-12-14-18(5,13-9-7-2)20-17(4)16(3)15-19-20/h15H,6-14H2,1-5H3. The molecule has 1 atom stereocenters. The van der Waals surface area contributed by atoms with Gasteiger partial charge in [0.2, 0.25) is 0 Å². The van der Waals surface area contributed by atoms with Crippen molar-refractivity contribution < 1.29 is 0 Å². The summed E-state index contributed by atoms with van der Waals surface area (Å²) in [6.45, 7) is 11.3. The number of aromatic nitrogens is 2. The van der Waals surface area contributed by atoms with E-state index in [0.29, 0.717) is 0 Å². The summed E-state index contributed by atoms with van der Waals surface area (Å²) in [6, 6.07) is 0. The molecule has 0 aromatic carbocycles. The molecular formula is C18H34N2. The summed E-state index contributed by atoms with van der Waals surface area (Å²) in [5, 5.41) is 4.67. The van der Waals surface area contributed by atoms with Crippen LogP contribution in [0.2, 0.25) is 0 Å². The molecule has 1 unspecified atom stereocenters. The van der Waals surface area contributed by atoms with E-state index in [1.54, 1.807) is 0 Å². The molecule has 1 aromatic rings. The fraction of sp³-hybridized carbons (Fsp3) is 0.833. The molecule has 0 bridgehead atoms. The Morgan fingerprint density at radius 2 is 1.55 bits per heavy atom.